The molecule has 0 aromatic heterocycles. The highest BCUT2D eigenvalue weighted by Crippen LogP contribution is 2.44. The van der Waals surface area contributed by atoms with Gasteiger partial charge < -0.3 is 0 Å². The maximum absolute atomic E-state index is 10.9. The fraction of sp³-hybridized carbons (Fsp3) is 0.562. The largest absolute Gasteiger partial charge is 0.286 e. The van der Waals surface area contributed by atoms with Crippen LogP contribution in [0.4, 0.5) is 5.69 Å². The summed E-state index contributed by atoms with van der Waals surface area (Å²) in [5.74, 6) is -0.190. The van der Waals surface area contributed by atoms with E-state index >= 15 is 0 Å². The number of nitrogens with zero attached hydrogens (tertiary/aromatic N) is 1. The summed E-state index contributed by atoms with van der Waals surface area (Å²) in [7, 11) is -3.89. The zero-order chi connectivity index (χ0) is 15.7. The van der Waals surface area contributed by atoms with Crippen molar-refractivity contribution in [3.63, 3.8) is 0 Å². The summed E-state index contributed by atoms with van der Waals surface area (Å²) in [6, 6.07) is 8.35. The van der Waals surface area contributed by atoms with Gasteiger partial charge in [-0.3, -0.25) is 4.55 Å². The van der Waals surface area contributed by atoms with Crippen LogP contribution in [0.15, 0.2) is 24.3 Å². The van der Waals surface area contributed by atoms with Crippen LogP contribution >= 0.6 is 0 Å². The van der Waals surface area contributed by atoms with Crippen LogP contribution < -0.4 is 0 Å². The lowest BCUT2D eigenvalue weighted by Gasteiger charge is -2.23. The monoisotopic (exact) mass is 310 g/mol. The van der Waals surface area contributed by atoms with E-state index < -0.39 is 10.1 Å². The molecule has 4 nitrogen and oxygen atoms in total. The van der Waals surface area contributed by atoms with E-state index in [1.807, 2.05) is 6.07 Å². The van der Waals surface area contributed by atoms with Crippen LogP contribution in [0, 0.1) is 0 Å². The first-order valence-electron chi connectivity index (χ1n) is 7.52. The van der Waals surface area contributed by atoms with Crippen LogP contribution in [0.5, 0.6) is 0 Å². The van der Waals surface area contributed by atoms with Gasteiger partial charge in [-0.25, -0.2) is 0 Å². The van der Waals surface area contributed by atoms with Crippen molar-refractivity contribution in [2.75, 3.05) is 12.3 Å². The van der Waals surface area contributed by atoms with Crippen LogP contribution in [0.3, 0.4) is 0 Å². The van der Waals surface area contributed by atoms with Gasteiger partial charge in [0.25, 0.3) is 10.1 Å². The number of rotatable bonds is 6. The van der Waals surface area contributed by atoms with E-state index in [-0.39, 0.29) is 11.2 Å². The van der Waals surface area contributed by atoms with Gasteiger partial charge >= 0.3 is 0 Å². The summed E-state index contributed by atoms with van der Waals surface area (Å²) in [5, 5.41) is 0. The second-order valence-electron chi connectivity index (χ2n) is 5.68. The minimum atomic E-state index is -3.89. The van der Waals surface area contributed by atoms with E-state index in [4.69, 9.17) is 4.55 Å². The van der Waals surface area contributed by atoms with E-state index in [9.17, 15) is 8.42 Å². The molecule has 0 saturated carbocycles. The SMILES string of the molecule is CCC1(CC)C(C)=[N+](CCCS(=O)(=O)O)c2ccccc21. The number of benzene rings is 1. The first-order chi connectivity index (χ1) is 9.85. The molecule has 1 N–H and O–H groups in total. The van der Waals surface area contributed by atoms with Crippen molar-refractivity contribution in [2.45, 2.75) is 45.4 Å². The predicted molar refractivity (Wildman–Crippen MR) is 85.2 cm³/mol. The Labute approximate surface area is 127 Å². The third-order valence-corrected chi connectivity index (χ3v) is 5.60. The molecule has 0 atom stereocenters. The van der Waals surface area contributed by atoms with E-state index in [1.165, 1.54) is 17.0 Å². The summed E-state index contributed by atoms with van der Waals surface area (Å²) in [5.41, 5.74) is 3.84. The molecule has 1 heterocycles. The van der Waals surface area contributed by atoms with E-state index in [0.717, 1.165) is 12.8 Å². The average molecular weight is 310 g/mol. The van der Waals surface area contributed by atoms with Crippen LogP contribution in [-0.4, -0.2) is 35.6 Å². The van der Waals surface area contributed by atoms with Crippen LogP contribution in [-0.2, 0) is 15.5 Å². The molecule has 2 rings (SSSR count). The summed E-state index contributed by atoms with van der Waals surface area (Å²) in [6.45, 7) is 7.15. The molecule has 0 fully saturated rings. The van der Waals surface area contributed by atoms with Gasteiger partial charge in [-0.1, -0.05) is 32.0 Å². The lowest BCUT2D eigenvalue weighted by atomic mass is 9.74. The molecular weight excluding hydrogens is 286 g/mol. The molecule has 1 aliphatic heterocycles. The highest BCUT2D eigenvalue weighted by atomic mass is 32.2. The van der Waals surface area contributed by atoms with Crippen molar-refractivity contribution < 1.29 is 17.5 Å². The Balaban J connectivity index is 2.37. The predicted octanol–water partition coefficient (Wildman–Crippen LogP) is 3.14. The molecule has 0 aliphatic carbocycles. The van der Waals surface area contributed by atoms with E-state index in [1.54, 1.807) is 0 Å². The van der Waals surface area contributed by atoms with Crippen molar-refractivity contribution >= 4 is 21.5 Å². The van der Waals surface area contributed by atoms with Crippen molar-refractivity contribution in [2.24, 2.45) is 0 Å². The highest BCUT2D eigenvalue weighted by Gasteiger charge is 2.46. The fourth-order valence-electron chi connectivity index (χ4n) is 3.58. The Morgan fingerprint density at radius 1 is 1.19 bits per heavy atom. The Morgan fingerprint density at radius 3 is 2.38 bits per heavy atom. The number of hydrogen-bond acceptors (Lipinski definition) is 2. The number of para-hydroxylation sites is 1. The summed E-state index contributed by atoms with van der Waals surface area (Å²) in [6.07, 6.45) is 2.48. The number of fused-ring (bicyclic) bond motifs is 1. The summed E-state index contributed by atoms with van der Waals surface area (Å²) >= 11 is 0. The smallest absolute Gasteiger partial charge is 0.265 e. The fourth-order valence-corrected chi connectivity index (χ4v) is 4.08. The van der Waals surface area contributed by atoms with Crippen molar-refractivity contribution in [1.82, 2.24) is 0 Å². The lowest BCUT2D eigenvalue weighted by molar-refractivity contribution is -0.438. The van der Waals surface area contributed by atoms with Gasteiger partial charge in [0.15, 0.2) is 5.71 Å². The maximum atomic E-state index is 10.9. The van der Waals surface area contributed by atoms with E-state index in [2.05, 4.69) is 43.5 Å². The minimum absolute atomic E-state index is 0.0503. The molecule has 116 valence electrons. The molecule has 5 heteroatoms. The Bertz CT molecular complexity index is 658. The first-order valence-corrected chi connectivity index (χ1v) is 9.13. The molecule has 0 unspecified atom stereocenters. The van der Waals surface area contributed by atoms with Crippen LogP contribution in [0.1, 0.15) is 45.6 Å². The minimum Gasteiger partial charge on any atom is -0.286 e. The third-order valence-electron chi connectivity index (χ3n) is 4.80. The van der Waals surface area contributed by atoms with Gasteiger partial charge in [-0.2, -0.15) is 13.0 Å². The topological polar surface area (TPSA) is 57.4 Å². The molecule has 1 aliphatic rings. The summed E-state index contributed by atoms with van der Waals surface area (Å²) < 4.78 is 32.9. The lowest BCUT2D eigenvalue weighted by Crippen LogP contribution is -2.32. The summed E-state index contributed by atoms with van der Waals surface area (Å²) in [4.78, 5) is 0. The van der Waals surface area contributed by atoms with Gasteiger partial charge in [0.1, 0.15) is 6.54 Å². The Morgan fingerprint density at radius 2 is 1.81 bits per heavy atom. The van der Waals surface area contributed by atoms with Gasteiger partial charge in [0.05, 0.1) is 11.2 Å². The molecule has 0 spiro atoms. The molecular formula is C16H24NO3S+. The van der Waals surface area contributed by atoms with Gasteiger partial charge in [-0.15, -0.1) is 0 Å². The normalized spacial score (nSPS) is 17.1. The zero-order valence-corrected chi connectivity index (χ0v) is 13.8. The zero-order valence-electron chi connectivity index (χ0n) is 13.0. The molecule has 1 aromatic rings. The molecule has 1 aromatic carbocycles. The highest BCUT2D eigenvalue weighted by molar-refractivity contribution is 7.85. The van der Waals surface area contributed by atoms with Crippen LogP contribution in [0.25, 0.3) is 0 Å². The molecule has 0 saturated heterocycles. The second kappa shape index (κ2) is 5.89. The van der Waals surface area contributed by atoms with Crippen molar-refractivity contribution in [1.29, 1.82) is 0 Å². The molecule has 0 radical (unpaired) electrons. The van der Waals surface area contributed by atoms with E-state index in [0.29, 0.717) is 13.0 Å². The Hall–Kier alpha value is -1.20. The molecule has 0 amide bonds. The Kier molecular flexibility index (Phi) is 4.54. The standard InChI is InChI=1S/C16H23NO3S/c1-4-16(5-2)13(3)17(11-8-12-21(18,19)20)15-10-7-6-9-14(15)16/h6-7,9-10H,4-5,8,11-12H2,1-3H3/p+1. The maximum Gasteiger partial charge on any atom is 0.265 e. The first kappa shape index (κ1) is 16.2. The molecule has 21 heavy (non-hydrogen) atoms. The van der Waals surface area contributed by atoms with Crippen molar-refractivity contribution in [3.8, 4) is 0 Å². The van der Waals surface area contributed by atoms with Crippen molar-refractivity contribution in [3.05, 3.63) is 29.8 Å². The van der Waals surface area contributed by atoms with Gasteiger partial charge in [-0.05, 0) is 12.8 Å². The number of hydrogen-bond donors (Lipinski definition) is 1. The van der Waals surface area contributed by atoms with Gasteiger partial charge in [0.2, 0.25) is 5.69 Å². The second-order valence-corrected chi connectivity index (χ2v) is 7.26. The van der Waals surface area contributed by atoms with Crippen LogP contribution in [0.2, 0.25) is 0 Å². The molecule has 0 bridgehead atoms. The third kappa shape index (κ3) is 2.90. The quantitative estimate of drug-likeness (QED) is 0.648. The average Bonchev–Trinajstić information content (AvgIpc) is 2.68. The van der Waals surface area contributed by atoms with Gasteiger partial charge in [0, 0.05) is 25.0 Å².